The molecule has 82 valence electrons. The monoisotopic (exact) mass is 221 g/mol. The highest BCUT2D eigenvalue weighted by Crippen LogP contribution is 2.29. The third-order valence-electron chi connectivity index (χ3n) is 2.27. The number of halogens is 2. The molecule has 0 amide bonds. The minimum Gasteiger partial charge on any atom is -0.506 e. The van der Waals surface area contributed by atoms with Crippen LogP contribution in [0.15, 0.2) is 36.4 Å². The molecule has 0 unspecified atom stereocenters. The van der Waals surface area contributed by atoms with E-state index in [1.54, 1.807) is 0 Å². The fourth-order valence-corrected chi connectivity index (χ4v) is 1.43. The maximum atomic E-state index is 13.4. The Morgan fingerprint density at radius 2 is 1.75 bits per heavy atom. The number of phenols is 1. The van der Waals surface area contributed by atoms with Gasteiger partial charge in [-0.2, -0.15) is 0 Å². The van der Waals surface area contributed by atoms with E-state index in [2.05, 4.69) is 0 Å². The summed E-state index contributed by atoms with van der Waals surface area (Å²) in [5, 5.41) is 9.38. The zero-order chi connectivity index (χ0) is 11.7. The number of rotatable bonds is 1. The van der Waals surface area contributed by atoms with E-state index in [4.69, 9.17) is 5.73 Å². The van der Waals surface area contributed by atoms with E-state index in [0.717, 1.165) is 18.2 Å². The normalized spacial score (nSPS) is 10.4. The summed E-state index contributed by atoms with van der Waals surface area (Å²) in [7, 11) is 0. The molecule has 0 aliphatic carbocycles. The molecule has 0 radical (unpaired) electrons. The van der Waals surface area contributed by atoms with Gasteiger partial charge in [0.05, 0.1) is 5.69 Å². The molecule has 0 saturated carbocycles. The van der Waals surface area contributed by atoms with Gasteiger partial charge in [0.15, 0.2) is 0 Å². The molecule has 4 heteroatoms. The second kappa shape index (κ2) is 3.81. The average molecular weight is 221 g/mol. The van der Waals surface area contributed by atoms with Crippen LogP contribution in [0, 0.1) is 11.6 Å². The molecule has 0 bridgehead atoms. The smallest absolute Gasteiger partial charge is 0.139 e. The minimum atomic E-state index is -0.550. The summed E-state index contributed by atoms with van der Waals surface area (Å²) in [5.74, 6) is -1.24. The predicted molar refractivity (Wildman–Crippen MR) is 57.9 cm³/mol. The number of aromatic hydroxyl groups is 1. The van der Waals surface area contributed by atoms with Crippen molar-refractivity contribution >= 4 is 5.69 Å². The van der Waals surface area contributed by atoms with Crippen molar-refractivity contribution < 1.29 is 13.9 Å². The first-order valence-corrected chi connectivity index (χ1v) is 4.62. The summed E-state index contributed by atoms with van der Waals surface area (Å²) in [6.45, 7) is 0. The summed E-state index contributed by atoms with van der Waals surface area (Å²) < 4.78 is 26.4. The SMILES string of the molecule is Nc1ccc(-c2cc(F)ccc2F)cc1O. The lowest BCUT2D eigenvalue weighted by Gasteiger charge is -2.05. The van der Waals surface area contributed by atoms with Gasteiger partial charge < -0.3 is 10.8 Å². The Morgan fingerprint density at radius 1 is 1.00 bits per heavy atom. The maximum Gasteiger partial charge on any atom is 0.139 e. The largest absolute Gasteiger partial charge is 0.506 e. The minimum absolute atomic E-state index is 0.0929. The lowest BCUT2D eigenvalue weighted by molar-refractivity contribution is 0.478. The van der Waals surface area contributed by atoms with Gasteiger partial charge in [0.2, 0.25) is 0 Å². The Labute approximate surface area is 91.0 Å². The molecule has 2 aromatic rings. The summed E-state index contributed by atoms with van der Waals surface area (Å²) in [4.78, 5) is 0. The summed E-state index contributed by atoms with van der Waals surface area (Å²) in [6.07, 6.45) is 0. The second-order valence-electron chi connectivity index (χ2n) is 3.40. The molecular formula is C12H9F2NO. The van der Waals surface area contributed by atoms with Crippen molar-refractivity contribution in [2.24, 2.45) is 0 Å². The molecule has 0 aliphatic rings. The zero-order valence-electron chi connectivity index (χ0n) is 8.24. The molecule has 3 N–H and O–H groups in total. The fraction of sp³-hybridized carbons (Fsp3) is 0. The van der Waals surface area contributed by atoms with Crippen molar-refractivity contribution in [1.29, 1.82) is 0 Å². The lowest BCUT2D eigenvalue weighted by atomic mass is 10.0. The van der Waals surface area contributed by atoms with Crippen LogP contribution in [-0.4, -0.2) is 5.11 Å². The highest BCUT2D eigenvalue weighted by molar-refractivity contribution is 5.70. The second-order valence-corrected chi connectivity index (χ2v) is 3.40. The summed E-state index contributed by atoms with van der Waals surface area (Å²) in [6, 6.07) is 7.41. The van der Waals surface area contributed by atoms with E-state index in [-0.39, 0.29) is 17.0 Å². The Hall–Kier alpha value is -2.10. The molecular weight excluding hydrogens is 212 g/mol. The lowest BCUT2D eigenvalue weighted by Crippen LogP contribution is -1.89. The molecule has 2 rings (SSSR count). The quantitative estimate of drug-likeness (QED) is 0.574. The Bertz CT molecular complexity index is 541. The van der Waals surface area contributed by atoms with Crippen molar-refractivity contribution in [3.63, 3.8) is 0 Å². The van der Waals surface area contributed by atoms with Crippen molar-refractivity contribution in [1.82, 2.24) is 0 Å². The van der Waals surface area contributed by atoms with E-state index >= 15 is 0 Å². The number of hydrogen-bond acceptors (Lipinski definition) is 2. The summed E-state index contributed by atoms with van der Waals surface area (Å²) >= 11 is 0. The number of nitrogen functional groups attached to an aromatic ring is 1. The van der Waals surface area contributed by atoms with Crippen LogP contribution >= 0.6 is 0 Å². The number of nitrogens with two attached hydrogens (primary N) is 1. The maximum absolute atomic E-state index is 13.4. The van der Waals surface area contributed by atoms with Crippen molar-refractivity contribution in [2.75, 3.05) is 5.73 Å². The van der Waals surface area contributed by atoms with Gasteiger partial charge in [0.25, 0.3) is 0 Å². The molecule has 0 aliphatic heterocycles. The van der Waals surface area contributed by atoms with Crippen LogP contribution in [0.4, 0.5) is 14.5 Å². The van der Waals surface area contributed by atoms with Crippen LogP contribution < -0.4 is 5.73 Å². The third kappa shape index (κ3) is 1.82. The first-order valence-electron chi connectivity index (χ1n) is 4.62. The number of anilines is 1. The van der Waals surface area contributed by atoms with Crippen molar-refractivity contribution in [3.8, 4) is 16.9 Å². The number of phenolic OH excluding ortho intramolecular Hbond substituents is 1. The molecule has 0 aromatic heterocycles. The highest BCUT2D eigenvalue weighted by Gasteiger charge is 2.08. The van der Waals surface area contributed by atoms with Crippen molar-refractivity contribution in [3.05, 3.63) is 48.0 Å². The van der Waals surface area contributed by atoms with Crippen molar-refractivity contribution in [2.45, 2.75) is 0 Å². The van der Waals surface area contributed by atoms with E-state index in [1.165, 1.54) is 18.2 Å². The molecule has 2 aromatic carbocycles. The van der Waals surface area contributed by atoms with Crippen LogP contribution in [0.2, 0.25) is 0 Å². The summed E-state index contributed by atoms with van der Waals surface area (Å²) in [5.41, 5.74) is 6.08. The highest BCUT2D eigenvalue weighted by atomic mass is 19.1. The predicted octanol–water partition coefficient (Wildman–Crippen LogP) is 2.92. The Morgan fingerprint density at radius 3 is 2.44 bits per heavy atom. The van der Waals surface area contributed by atoms with Gasteiger partial charge in [-0.3, -0.25) is 0 Å². The van der Waals surface area contributed by atoms with Crippen LogP contribution in [0.1, 0.15) is 0 Å². The van der Waals surface area contributed by atoms with E-state index in [1.807, 2.05) is 0 Å². The Kier molecular flexibility index (Phi) is 2.48. The van der Waals surface area contributed by atoms with Crippen LogP contribution in [-0.2, 0) is 0 Å². The van der Waals surface area contributed by atoms with E-state index in [9.17, 15) is 13.9 Å². The zero-order valence-corrected chi connectivity index (χ0v) is 8.24. The van der Waals surface area contributed by atoms with Gasteiger partial charge in [-0.15, -0.1) is 0 Å². The Balaban J connectivity index is 2.58. The first-order chi connectivity index (χ1) is 7.58. The first kappa shape index (κ1) is 10.4. The van der Waals surface area contributed by atoms with Gasteiger partial charge in [-0.05, 0) is 35.9 Å². The molecule has 0 fully saturated rings. The van der Waals surface area contributed by atoms with Gasteiger partial charge in [-0.1, -0.05) is 6.07 Å². The van der Waals surface area contributed by atoms with Crippen LogP contribution in [0.3, 0.4) is 0 Å². The van der Waals surface area contributed by atoms with Gasteiger partial charge in [0, 0.05) is 5.56 Å². The fourth-order valence-electron chi connectivity index (χ4n) is 1.43. The molecule has 0 atom stereocenters. The molecule has 2 nitrogen and oxygen atoms in total. The van der Waals surface area contributed by atoms with E-state index < -0.39 is 11.6 Å². The molecule has 0 heterocycles. The molecule has 0 saturated heterocycles. The van der Waals surface area contributed by atoms with Gasteiger partial charge >= 0.3 is 0 Å². The average Bonchev–Trinajstić information content (AvgIpc) is 2.26. The van der Waals surface area contributed by atoms with Gasteiger partial charge in [-0.25, -0.2) is 8.78 Å². The molecule has 0 spiro atoms. The van der Waals surface area contributed by atoms with Gasteiger partial charge in [0.1, 0.15) is 17.4 Å². The topological polar surface area (TPSA) is 46.2 Å². The third-order valence-corrected chi connectivity index (χ3v) is 2.27. The molecule has 16 heavy (non-hydrogen) atoms. The number of benzene rings is 2. The van der Waals surface area contributed by atoms with Crippen LogP contribution in [0.25, 0.3) is 11.1 Å². The van der Waals surface area contributed by atoms with Crippen LogP contribution in [0.5, 0.6) is 5.75 Å². The number of hydrogen-bond donors (Lipinski definition) is 2. The van der Waals surface area contributed by atoms with E-state index in [0.29, 0.717) is 5.56 Å². The standard InChI is InChI=1S/C12H9F2NO/c13-8-2-3-10(14)9(6-8)7-1-4-11(15)12(16)5-7/h1-6,16H,15H2.